The Bertz CT molecular complexity index is 1300. The molecule has 1 fully saturated rings. The molecule has 1 atom stereocenters. The molecule has 1 aromatic heterocycles. The van der Waals surface area contributed by atoms with Gasteiger partial charge in [0.05, 0.1) is 17.2 Å². The number of hydrogen-bond acceptors (Lipinski definition) is 5. The van der Waals surface area contributed by atoms with E-state index in [1.807, 2.05) is 0 Å². The fourth-order valence-electron chi connectivity index (χ4n) is 4.20. The molecule has 9 nitrogen and oxygen atoms in total. The van der Waals surface area contributed by atoms with Crippen LogP contribution in [0.3, 0.4) is 0 Å². The van der Waals surface area contributed by atoms with Gasteiger partial charge in [0.15, 0.2) is 5.78 Å². The van der Waals surface area contributed by atoms with Crippen molar-refractivity contribution in [2.24, 2.45) is 5.73 Å². The molecule has 1 aliphatic rings. The van der Waals surface area contributed by atoms with Crippen LogP contribution in [-0.2, 0) is 11.2 Å². The minimum atomic E-state index is -4.85. The number of Topliss-reactive ketones (excluding diaryl/α,β-unsaturated/α-hetero) is 1. The molecule has 3 aromatic rings. The maximum absolute atomic E-state index is 13.0. The number of nitrogens with two attached hydrogens (primary N) is 1. The summed E-state index contributed by atoms with van der Waals surface area (Å²) in [6.45, 7) is 0.300. The quantitative estimate of drug-likeness (QED) is 0.499. The van der Waals surface area contributed by atoms with Gasteiger partial charge in [-0.2, -0.15) is 0 Å². The minimum absolute atomic E-state index is 0.0918. The van der Waals surface area contributed by atoms with E-state index in [1.54, 1.807) is 0 Å². The highest BCUT2D eigenvalue weighted by Crippen LogP contribution is 2.30. The van der Waals surface area contributed by atoms with Gasteiger partial charge in [-0.25, -0.2) is 9.59 Å². The predicted molar refractivity (Wildman–Crippen MR) is 119 cm³/mol. The number of carbonyl (C=O) groups excluding carboxylic acids is 3. The average Bonchev–Trinajstić information content (AvgIpc) is 3.38. The lowest BCUT2D eigenvalue weighted by atomic mass is 10.0. The van der Waals surface area contributed by atoms with Crippen LogP contribution in [0.25, 0.3) is 10.9 Å². The molecule has 2 aromatic carbocycles. The van der Waals surface area contributed by atoms with E-state index in [2.05, 4.69) is 10.1 Å². The van der Waals surface area contributed by atoms with Crippen molar-refractivity contribution in [3.8, 4) is 11.5 Å². The summed E-state index contributed by atoms with van der Waals surface area (Å²) in [6.07, 6.45) is -2.73. The van der Waals surface area contributed by atoms with Gasteiger partial charge < -0.3 is 25.8 Å². The topological polar surface area (TPSA) is 127 Å². The van der Waals surface area contributed by atoms with Crippen LogP contribution in [-0.4, -0.2) is 51.4 Å². The molecule has 3 amide bonds. The molecule has 2 heterocycles. The zero-order valence-electron chi connectivity index (χ0n) is 18.2. The Balaban J connectivity index is 1.49. The number of rotatable bonds is 5. The molecule has 0 radical (unpaired) electrons. The first-order valence-electron chi connectivity index (χ1n) is 10.6. The molecule has 0 saturated carbocycles. The first kappa shape index (κ1) is 23.9. The monoisotopic (exact) mass is 490 g/mol. The number of anilines is 1. The number of nitrogens with zero attached hydrogens (tertiary/aromatic N) is 2. The lowest BCUT2D eigenvalue weighted by molar-refractivity contribution is -0.274. The Morgan fingerprint density at radius 1 is 1.17 bits per heavy atom. The van der Waals surface area contributed by atoms with Crippen LogP contribution in [0.1, 0.15) is 18.4 Å². The standard InChI is InChI=1S/C23H21F3N4O5/c24-23(25,26)35-15-4-1-3-13(9-15)10-20(32)18-5-2-8-29(18)22(34)28-17-12-30(21(27)33)19-11-14(31)6-7-16(17)19/h1,3-4,6-7,9,11-12,18,31H,2,5,8,10H2,(H2,27,33)(H,28,34)/t18-/m0/s1. The predicted octanol–water partition coefficient (Wildman–Crippen LogP) is 3.98. The highest BCUT2D eigenvalue weighted by atomic mass is 19.4. The van der Waals surface area contributed by atoms with Gasteiger partial charge in [-0.15, -0.1) is 13.2 Å². The SMILES string of the molecule is NC(=O)n1cc(NC(=O)N2CCC[C@H]2C(=O)Cc2cccc(OC(F)(F)F)c2)c2ccc(O)cc21. The number of primary amides is 1. The number of alkyl halides is 3. The molecule has 12 heteroatoms. The number of hydrogen-bond donors (Lipinski definition) is 3. The summed E-state index contributed by atoms with van der Waals surface area (Å²) < 4.78 is 42.4. The fourth-order valence-corrected chi connectivity index (χ4v) is 4.20. The number of ketones is 1. The molecule has 1 saturated heterocycles. The van der Waals surface area contributed by atoms with E-state index >= 15 is 0 Å². The zero-order chi connectivity index (χ0) is 25.3. The van der Waals surface area contributed by atoms with Gasteiger partial charge in [-0.1, -0.05) is 12.1 Å². The van der Waals surface area contributed by atoms with E-state index in [9.17, 15) is 32.7 Å². The van der Waals surface area contributed by atoms with E-state index < -0.39 is 30.2 Å². The Hall–Kier alpha value is -4.22. The van der Waals surface area contributed by atoms with Crippen molar-refractivity contribution in [3.05, 3.63) is 54.2 Å². The number of likely N-dealkylation sites (tertiary alicyclic amines) is 1. The molecule has 1 aliphatic heterocycles. The van der Waals surface area contributed by atoms with E-state index in [0.29, 0.717) is 35.9 Å². The summed E-state index contributed by atoms with van der Waals surface area (Å²) in [5.41, 5.74) is 6.26. The number of phenolic OH excluding ortho intramolecular Hbond substituents is 1. The molecule has 4 N–H and O–H groups in total. The maximum Gasteiger partial charge on any atom is 0.573 e. The Kier molecular flexibility index (Phi) is 6.29. The van der Waals surface area contributed by atoms with E-state index in [4.69, 9.17) is 5.73 Å². The number of ether oxygens (including phenoxy) is 1. The second-order valence-electron chi connectivity index (χ2n) is 8.07. The van der Waals surface area contributed by atoms with Crippen molar-refractivity contribution in [1.82, 2.24) is 9.47 Å². The molecular formula is C23H21F3N4O5. The van der Waals surface area contributed by atoms with Crippen molar-refractivity contribution in [3.63, 3.8) is 0 Å². The van der Waals surface area contributed by atoms with Gasteiger partial charge in [0.1, 0.15) is 11.5 Å². The lowest BCUT2D eigenvalue weighted by Gasteiger charge is -2.24. The third-order valence-corrected chi connectivity index (χ3v) is 5.66. The fraction of sp³-hybridized carbons (Fsp3) is 0.261. The molecule has 0 aliphatic carbocycles. The first-order valence-corrected chi connectivity index (χ1v) is 10.6. The summed E-state index contributed by atoms with van der Waals surface area (Å²) in [4.78, 5) is 39.1. The van der Waals surface area contributed by atoms with Crippen molar-refractivity contribution < 1.29 is 37.4 Å². The minimum Gasteiger partial charge on any atom is -0.508 e. The molecule has 0 spiro atoms. The third-order valence-electron chi connectivity index (χ3n) is 5.66. The number of nitrogens with one attached hydrogen (secondary N) is 1. The smallest absolute Gasteiger partial charge is 0.508 e. The van der Waals surface area contributed by atoms with Gasteiger partial charge in [0, 0.05) is 30.6 Å². The summed E-state index contributed by atoms with van der Waals surface area (Å²) in [5, 5.41) is 12.9. The normalized spacial score (nSPS) is 15.9. The van der Waals surface area contributed by atoms with Crippen molar-refractivity contribution in [1.29, 1.82) is 0 Å². The van der Waals surface area contributed by atoms with Gasteiger partial charge in [-0.05, 0) is 42.7 Å². The summed E-state index contributed by atoms with van der Waals surface area (Å²) >= 11 is 0. The molecule has 184 valence electrons. The molecule has 0 unspecified atom stereocenters. The lowest BCUT2D eigenvalue weighted by Crippen LogP contribution is -2.43. The van der Waals surface area contributed by atoms with Crippen molar-refractivity contribution in [2.45, 2.75) is 31.7 Å². The van der Waals surface area contributed by atoms with E-state index in [-0.39, 0.29) is 23.6 Å². The van der Waals surface area contributed by atoms with Gasteiger partial charge in [-0.3, -0.25) is 9.36 Å². The summed E-state index contributed by atoms with van der Waals surface area (Å²) in [7, 11) is 0. The number of amides is 3. The number of aromatic nitrogens is 1. The van der Waals surface area contributed by atoms with E-state index in [1.165, 1.54) is 41.4 Å². The van der Waals surface area contributed by atoms with Crippen LogP contribution < -0.4 is 15.8 Å². The highest BCUT2D eigenvalue weighted by molar-refractivity contribution is 6.05. The number of benzene rings is 2. The third kappa shape index (κ3) is 5.31. The number of fused-ring (bicyclic) bond motifs is 1. The van der Waals surface area contributed by atoms with Gasteiger partial charge >= 0.3 is 18.4 Å². The molecular weight excluding hydrogens is 469 g/mol. The van der Waals surface area contributed by atoms with E-state index in [0.717, 1.165) is 16.7 Å². The zero-order valence-corrected chi connectivity index (χ0v) is 18.2. The maximum atomic E-state index is 13.0. The number of halogens is 3. The van der Waals surface area contributed by atoms with Crippen molar-refractivity contribution in [2.75, 3.05) is 11.9 Å². The van der Waals surface area contributed by atoms with Gasteiger partial charge in [0.25, 0.3) is 0 Å². The Labute approximate surface area is 196 Å². The molecule has 35 heavy (non-hydrogen) atoms. The number of carbonyl (C=O) groups is 3. The molecule has 0 bridgehead atoms. The number of phenols is 1. The summed E-state index contributed by atoms with van der Waals surface area (Å²) in [5.74, 6) is -0.849. The second-order valence-corrected chi connectivity index (χ2v) is 8.07. The van der Waals surface area contributed by atoms with Crippen molar-refractivity contribution >= 4 is 34.4 Å². The second kappa shape index (κ2) is 9.20. The number of aromatic hydroxyl groups is 1. The van der Waals surface area contributed by atoms with Crippen LogP contribution in [0.15, 0.2) is 48.7 Å². The van der Waals surface area contributed by atoms with Crippen LogP contribution in [0.5, 0.6) is 11.5 Å². The highest BCUT2D eigenvalue weighted by Gasteiger charge is 2.35. The van der Waals surface area contributed by atoms with Gasteiger partial charge in [0.2, 0.25) is 0 Å². The Morgan fingerprint density at radius 2 is 1.94 bits per heavy atom. The molecule has 4 rings (SSSR count). The van der Waals surface area contributed by atoms with Crippen LogP contribution in [0.2, 0.25) is 0 Å². The average molecular weight is 490 g/mol. The first-order chi connectivity index (χ1) is 16.5. The largest absolute Gasteiger partial charge is 0.573 e. The summed E-state index contributed by atoms with van der Waals surface area (Å²) in [6, 6.07) is 7.22. The van der Waals surface area contributed by atoms with Crippen LogP contribution in [0.4, 0.5) is 28.4 Å². The van der Waals surface area contributed by atoms with Crippen LogP contribution in [0, 0.1) is 0 Å². The van der Waals surface area contributed by atoms with Crippen LogP contribution >= 0.6 is 0 Å². The Morgan fingerprint density at radius 3 is 2.66 bits per heavy atom. The number of urea groups is 1.